The number of hydrogen-bond acceptors (Lipinski definition) is 3. The minimum absolute atomic E-state index is 0.0652. The summed E-state index contributed by atoms with van der Waals surface area (Å²) in [4.78, 5) is 13.9. The minimum atomic E-state index is -0.0736. The molecule has 1 heterocycles. The van der Waals surface area contributed by atoms with Crippen molar-refractivity contribution >= 4 is 5.91 Å². The van der Waals surface area contributed by atoms with Gasteiger partial charge in [0.25, 0.3) is 0 Å². The first-order valence-electron chi connectivity index (χ1n) is 5.30. The van der Waals surface area contributed by atoms with Crippen LogP contribution in [0.3, 0.4) is 0 Å². The largest absolute Gasteiger partial charge is 0.337 e. The normalized spacial score (nSPS) is 27.1. The number of carbonyl (C=O) groups excluding carboxylic acids is 1. The molecule has 0 spiro atoms. The van der Waals surface area contributed by atoms with Crippen molar-refractivity contribution in [2.45, 2.75) is 32.9 Å². The minimum Gasteiger partial charge on any atom is -0.337 e. The molecule has 3 atom stereocenters. The van der Waals surface area contributed by atoms with Crippen molar-refractivity contribution < 1.29 is 4.79 Å². The second kappa shape index (κ2) is 4.75. The second-order valence-corrected chi connectivity index (χ2v) is 4.23. The van der Waals surface area contributed by atoms with Crippen molar-refractivity contribution in [1.29, 1.82) is 0 Å². The zero-order chi connectivity index (χ0) is 10.7. The third-order valence-corrected chi connectivity index (χ3v) is 2.96. The van der Waals surface area contributed by atoms with Crippen LogP contribution >= 0.6 is 0 Å². The molecule has 2 unspecified atom stereocenters. The molecule has 0 aliphatic carbocycles. The Morgan fingerprint density at radius 1 is 1.57 bits per heavy atom. The molecule has 0 radical (unpaired) electrons. The Morgan fingerprint density at radius 3 is 2.71 bits per heavy atom. The molecule has 82 valence electrons. The fourth-order valence-corrected chi connectivity index (χ4v) is 1.65. The van der Waals surface area contributed by atoms with E-state index in [9.17, 15) is 4.79 Å². The maximum atomic E-state index is 12.0. The maximum absolute atomic E-state index is 12.0. The van der Waals surface area contributed by atoms with Gasteiger partial charge in [-0.3, -0.25) is 4.79 Å². The van der Waals surface area contributed by atoms with Crippen LogP contribution in [0.4, 0.5) is 0 Å². The standard InChI is InChI=1S/C10H21N3O/c1-7-6-12-4-5-13(7)10(14)8(2)9(3)11/h7-9,12H,4-6,11H2,1-3H3/t7-,8?,9?/m0/s1. The zero-order valence-electron chi connectivity index (χ0n) is 9.29. The summed E-state index contributed by atoms with van der Waals surface area (Å²) in [6, 6.07) is 0.224. The van der Waals surface area contributed by atoms with Crippen molar-refractivity contribution in [2.75, 3.05) is 19.6 Å². The maximum Gasteiger partial charge on any atom is 0.227 e. The van der Waals surface area contributed by atoms with Crippen LogP contribution in [0.5, 0.6) is 0 Å². The molecule has 0 saturated carbocycles. The highest BCUT2D eigenvalue weighted by Crippen LogP contribution is 2.10. The number of piperazine rings is 1. The molecule has 1 fully saturated rings. The van der Waals surface area contributed by atoms with Crippen LogP contribution in [-0.2, 0) is 4.79 Å². The lowest BCUT2D eigenvalue weighted by atomic mass is 10.0. The Labute approximate surface area is 85.8 Å². The fourth-order valence-electron chi connectivity index (χ4n) is 1.65. The number of nitrogens with zero attached hydrogens (tertiary/aromatic N) is 1. The van der Waals surface area contributed by atoms with Gasteiger partial charge in [0, 0.05) is 31.7 Å². The van der Waals surface area contributed by atoms with Crippen LogP contribution in [0.25, 0.3) is 0 Å². The number of nitrogens with one attached hydrogen (secondary N) is 1. The van der Waals surface area contributed by atoms with E-state index >= 15 is 0 Å². The molecule has 1 saturated heterocycles. The predicted octanol–water partition coefficient (Wildman–Crippen LogP) is -0.210. The lowest BCUT2D eigenvalue weighted by Crippen LogP contribution is -2.55. The summed E-state index contributed by atoms with van der Waals surface area (Å²) in [6.07, 6.45) is 0. The first-order chi connectivity index (χ1) is 6.54. The van der Waals surface area contributed by atoms with Crippen LogP contribution in [0.2, 0.25) is 0 Å². The van der Waals surface area contributed by atoms with Gasteiger partial charge in [-0.2, -0.15) is 0 Å². The molecule has 0 aromatic rings. The molecule has 1 aliphatic heterocycles. The van der Waals surface area contributed by atoms with Crippen molar-refractivity contribution in [3.05, 3.63) is 0 Å². The fraction of sp³-hybridized carbons (Fsp3) is 0.900. The highest BCUT2D eigenvalue weighted by molar-refractivity contribution is 5.79. The second-order valence-electron chi connectivity index (χ2n) is 4.23. The average molecular weight is 199 g/mol. The van der Waals surface area contributed by atoms with Crippen LogP contribution < -0.4 is 11.1 Å². The molecule has 0 bridgehead atoms. The van der Waals surface area contributed by atoms with E-state index < -0.39 is 0 Å². The van der Waals surface area contributed by atoms with Gasteiger partial charge in [0.2, 0.25) is 5.91 Å². The van der Waals surface area contributed by atoms with Crippen molar-refractivity contribution in [2.24, 2.45) is 11.7 Å². The Hall–Kier alpha value is -0.610. The summed E-state index contributed by atoms with van der Waals surface area (Å²) >= 11 is 0. The molecule has 0 aromatic heterocycles. The lowest BCUT2D eigenvalue weighted by Gasteiger charge is -2.36. The van der Waals surface area contributed by atoms with Gasteiger partial charge >= 0.3 is 0 Å². The molecule has 1 aliphatic rings. The molecule has 14 heavy (non-hydrogen) atoms. The topological polar surface area (TPSA) is 58.4 Å². The summed E-state index contributed by atoms with van der Waals surface area (Å²) in [5.74, 6) is 0.115. The van der Waals surface area contributed by atoms with E-state index in [0.29, 0.717) is 0 Å². The van der Waals surface area contributed by atoms with Crippen molar-refractivity contribution in [1.82, 2.24) is 10.2 Å². The predicted molar refractivity (Wildman–Crippen MR) is 56.9 cm³/mol. The van der Waals surface area contributed by atoms with E-state index in [1.165, 1.54) is 0 Å². The Morgan fingerprint density at radius 2 is 2.21 bits per heavy atom. The molecule has 4 heteroatoms. The monoisotopic (exact) mass is 199 g/mol. The first-order valence-corrected chi connectivity index (χ1v) is 5.30. The Bertz CT molecular complexity index is 206. The highest BCUT2D eigenvalue weighted by atomic mass is 16.2. The van der Waals surface area contributed by atoms with E-state index in [1.54, 1.807) is 0 Å². The van der Waals surface area contributed by atoms with Gasteiger partial charge in [0.15, 0.2) is 0 Å². The smallest absolute Gasteiger partial charge is 0.227 e. The Kier molecular flexibility index (Phi) is 3.89. The number of nitrogens with two attached hydrogens (primary N) is 1. The summed E-state index contributed by atoms with van der Waals surface area (Å²) in [5.41, 5.74) is 5.73. The zero-order valence-corrected chi connectivity index (χ0v) is 9.29. The quantitative estimate of drug-likeness (QED) is 0.647. The molecule has 3 N–H and O–H groups in total. The van der Waals surface area contributed by atoms with Gasteiger partial charge < -0.3 is 16.0 Å². The number of amides is 1. The summed E-state index contributed by atoms with van der Waals surface area (Å²) in [7, 11) is 0. The third kappa shape index (κ3) is 2.45. The van der Waals surface area contributed by atoms with Gasteiger partial charge in [0.05, 0.1) is 5.92 Å². The van der Waals surface area contributed by atoms with E-state index in [1.807, 2.05) is 18.7 Å². The van der Waals surface area contributed by atoms with Gasteiger partial charge in [-0.25, -0.2) is 0 Å². The molecule has 1 rings (SSSR count). The molecule has 1 amide bonds. The van der Waals surface area contributed by atoms with E-state index in [-0.39, 0.29) is 23.9 Å². The first kappa shape index (κ1) is 11.5. The Balaban J connectivity index is 2.58. The van der Waals surface area contributed by atoms with Crippen LogP contribution in [0.1, 0.15) is 20.8 Å². The van der Waals surface area contributed by atoms with Gasteiger partial charge in [-0.1, -0.05) is 6.92 Å². The summed E-state index contributed by atoms with van der Waals surface area (Å²) in [5, 5.41) is 3.26. The lowest BCUT2D eigenvalue weighted by molar-refractivity contribution is -0.138. The van der Waals surface area contributed by atoms with Crippen LogP contribution in [0.15, 0.2) is 0 Å². The van der Waals surface area contributed by atoms with E-state index in [0.717, 1.165) is 19.6 Å². The van der Waals surface area contributed by atoms with E-state index in [4.69, 9.17) is 5.73 Å². The van der Waals surface area contributed by atoms with Gasteiger partial charge in [-0.05, 0) is 13.8 Å². The average Bonchev–Trinajstić information content (AvgIpc) is 2.16. The highest BCUT2D eigenvalue weighted by Gasteiger charge is 2.28. The summed E-state index contributed by atoms with van der Waals surface area (Å²) in [6.45, 7) is 8.44. The van der Waals surface area contributed by atoms with Crippen LogP contribution in [0, 0.1) is 5.92 Å². The van der Waals surface area contributed by atoms with Crippen LogP contribution in [-0.4, -0.2) is 42.5 Å². The van der Waals surface area contributed by atoms with E-state index in [2.05, 4.69) is 12.2 Å². The third-order valence-electron chi connectivity index (χ3n) is 2.96. The van der Waals surface area contributed by atoms with Crippen molar-refractivity contribution in [3.8, 4) is 0 Å². The summed E-state index contributed by atoms with van der Waals surface area (Å²) < 4.78 is 0. The number of rotatable bonds is 2. The molecular formula is C10H21N3O. The number of carbonyl (C=O) groups is 1. The number of hydrogen-bond donors (Lipinski definition) is 2. The molecule has 0 aromatic carbocycles. The SMILES string of the molecule is CC(N)C(C)C(=O)N1CCNC[C@@H]1C. The van der Waals surface area contributed by atoms with Gasteiger partial charge in [-0.15, -0.1) is 0 Å². The van der Waals surface area contributed by atoms with Crippen molar-refractivity contribution in [3.63, 3.8) is 0 Å². The molecular weight excluding hydrogens is 178 g/mol. The van der Waals surface area contributed by atoms with Gasteiger partial charge in [0.1, 0.15) is 0 Å². The molecule has 4 nitrogen and oxygen atoms in total.